The van der Waals surface area contributed by atoms with E-state index in [4.69, 9.17) is 10.5 Å². The standard InChI is InChI=1S/C19H21F3N2O2/c1-2-17(13-4-3-5-14(12-13)19(20,21)22)18(25)24-15-6-8-16(9-7-15)26-11-10-23/h3-9,12,17H,2,10-11,23H2,1H3,(H,24,25). The molecule has 0 aliphatic carbocycles. The number of benzene rings is 2. The van der Waals surface area contributed by atoms with Gasteiger partial charge in [0.15, 0.2) is 0 Å². The van der Waals surface area contributed by atoms with Crippen molar-refractivity contribution in [2.24, 2.45) is 5.73 Å². The first-order valence-electron chi connectivity index (χ1n) is 8.26. The fourth-order valence-corrected chi connectivity index (χ4v) is 2.54. The fourth-order valence-electron chi connectivity index (χ4n) is 2.54. The molecule has 2 aromatic carbocycles. The molecule has 140 valence electrons. The minimum absolute atomic E-state index is 0.336. The lowest BCUT2D eigenvalue weighted by Gasteiger charge is -2.17. The number of hydrogen-bond donors (Lipinski definition) is 2. The third-order valence-corrected chi connectivity index (χ3v) is 3.85. The van der Waals surface area contributed by atoms with E-state index in [9.17, 15) is 18.0 Å². The number of anilines is 1. The van der Waals surface area contributed by atoms with Crippen molar-refractivity contribution in [3.05, 3.63) is 59.7 Å². The van der Waals surface area contributed by atoms with E-state index in [0.29, 0.717) is 36.6 Å². The van der Waals surface area contributed by atoms with Crippen molar-refractivity contribution in [3.63, 3.8) is 0 Å². The first kappa shape index (κ1) is 19.8. The molecule has 7 heteroatoms. The van der Waals surface area contributed by atoms with Crippen LogP contribution in [0, 0.1) is 0 Å². The van der Waals surface area contributed by atoms with Crippen LogP contribution in [-0.4, -0.2) is 19.1 Å². The normalized spacial score (nSPS) is 12.5. The summed E-state index contributed by atoms with van der Waals surface area (Å²) in [6.07, 6.45) is -4.06. The summed E-state index contributed by atoms with van der Waals surface area (Å²) in [5.74, 6) is -0.411. The van der Waals surface area contributed by atoms with Gasteiger partial charge in [-0.1, -0.05) is 25.1 Å². The Morgan fingerprint density at radius 1 is 1.19 bits per heavy atom. The van der Waals surface area contributed by atoms with E-state index < -0.39 is 17.7 Å². The summed E-state index contributed by atoms with van der Waals surface area (Å²) in [4.78, 5) is 12.5. The summed E-state index contributed by atoms with van der Waals surface area (Å²) >= 11 is 0. The second-order valence-corrected chi connectivity index (χ2v) is 5.73. The Kier molecular flexibility index (Phi) is 6.63. The van der Waals surface area contributed by atoms with Crippen LogP contribution in [0.25, 0.3) is 0 Å². The zero-order valence-corrected chi connectivity index (χ0v) is 14.3. The minimum Gasteiger partial charge on any atom is -0.492 e. The zero-order valence-electron chi connectivity index (χ0n) is 14.3. The van der Waals surface area contributed by atoms with E-state index in [1.54, 1.807) is 31.2 Å². The summed E-state index contributed by atoms with van der Waals surface area (Å²) < 4.78 is 44.0. The monoisotopic (exact) mass is 366 g/mol. The number of rotatable bonds is 7. The maximum absolute atomic E-state index is 12.9. The van der Waals surface area contributed by atoms with E-state index in [1.807, 2.05) is 0 Å². The summed E-state index contributed by atoms with van der Waals surface area (Å²) in [5.41, 5.74) is 5.48. The first-order valence-corrected chi connectivity index (χ1v) is 8.26. The van der Waals surface area contributed by atoms with Gasteiger partial charge in [0.05, 0.1) is 11.5 Å². The second kappa shape index (κ2) is 8.71. The second-order valence-electron chi connectivity index (χ2n) is 5.73. The van der Waals surface area contributed by atoms with Gasteiger partial charge in [0.25, 0.3) is 0 Å². The molecule has 0 fully saturated rings. The number of carbonyl (C=O) groups is 1. The van der Waals surface area contributed by atoms with Crippen LogP contribution in [-0.2, 0) is 11.0 Å². The molecule has 0 aliphatic rings. The maximum Gasteiger partial charge on any atom is 0.416 e. The molecule has 3 N–H and O–H groups in total. The molecule has 0 radical (unpaired) electrons. The van der Waals surface area contributed by atoms with Crippen LogP contribution in [0.2, 0.25) is 0 Å². The molecule has 4 nitrogen and oxygen atoms in total. The number of alkyl halides is 3. The van der Waals surface area contributed by atoms with Crippen LogP contribution in [0.3, 0.4) is 0 Å². The highest BCUT2D eigenvalue weighted by Gasteiger charge is 2.31. The Morgan fingerprint density at radius 2 is 1.88 bits per heavy atom. The van der Waals surface area contributed by atoms with Gasteiger partial charge in [0, 0.05) is 12.2 Å². The molecule has 0 spiro atoms. The van der Waals surface area contributed by atoms with Gasteiger partial charge in [-0.3, -0.25) is 4.79 Å². The number of nitrogens with one attached hydrogen (secondary N) is 1. The molecule has 2 rings (SSSR count). The quantitative estimate of drug-likeness (QED) is 0.773. The molecule has 1 unspecified atom stereocenters. The Bertz CT molecular complexity index is 730. The number of nitrogens with two attached hydrogens (primary N) is 1. The average Bonchev–Trinajstić information content (AvgIpc) is 2.61. The highest BCUT2D eigenvalue weighted by molar-refractivity contribution is 5.95. The number of hydrogen-bond acceptors (Lipinski definition) is 3. The zero-order chi connectivity index (χ0) is 19.2. The maximum atomic E-state index is 12.9. The number of halogens is 3. The molecule has 0 bridgehead atoms. The van der Waals surface area contributed by atoms with E-state index in [1.165, 1.54) is 12.1 Å². The minimum atomic E-state index is -4.44. The van der Waals surface area contributed by atoms with E-state index in [2.05, 4.69) is 5.32 Å². The molecule has 1 atom stereocenters. The molecular formula is C19H21F3N2O2. The highest BCUT2D eigenvalue weighted by atomic mass is 19.4. The van der Waals surface area contributed by atoms with Crippen molar-refractivity contribution in [1.29, 1.82) is 0 Å². The fraction of sp³-hybridized carbons (Fsp3) is 0.316. The van der Waals surface area contributed by atoms with Gasteiger partial charge >= 0.3 is 6.18 Å². The molecule has 0 heterocycles. The summed E-state index contributed by atoms with van der Waals surface area (Å²) in [7, 11) is 0. The van der Waals surface area contributed by atoms with Crippen LogP contribution >= 0.6 is 0 Å². The molecule has 26 heavy (non-hydrogen) atoms. The number of amides is 1. The topological polar surface area (TPSA) is 64.3 Å². The van der Waals surface area contributed by atoms with E-state index in [0.717, 1.165) is 12.1 Å². The van der Waals surface area contributed by atoms with Crippen LogP contribution in [0.4, 0.5) is 18.9 Å². The predicted octanol–water partition coefficient (Wildman–Crippen LogP) is 4.18. The predicted molar refractivity (Wildman–Crippen MR) is 94.1 cm³/mol. The van der Waals surface area contributed by atoms with Gasteiger partial charge in [0.1, 0.15) is 12.4 Å². The molecule has 2 aromatic rings. The van der Waals surface area contributed by atoms with Gasteiger partial charge < -0.3 is 15.8 Å². The summed E-state index contributed by atoms with van der Waals surface area (Å²) in [6.45, 7) is 2.54. The molecule has 0 saturated heterocycles. The summed E-state index contributed by atoms with van der Waals surface area (Å²) in [6, 6.07) is 11.6. The lowest BCUT2D eigenvalue weighted by molar-refractivity contribution is -0.137. The van der Waals surface area contributed by atoms with Crippen molar-refractivity contribution in [2.45, 2.75) is 25.4 Å². The smallest absolute Gasteiger partial charge is 0.416 e. The summed E-state index contributed by atoms with van der Waals surface area (Å²) in [5, 5.41) is 2.73. The highest BCUT2D eigenvalue weighted by Crippen LogP contribution is 2.32. The molecule has 1 amide bonds. The van der Waals surface area contributed by atoms with Crippen molar-refractivity contribution in [2.75, 3.05) is 18.5 Å². The first-order chi connectivity index (χ1) is 12.3. The van der Waals surface area contributed by atoms with Gasteiger partial charge in [-0.05, 0) is 42.3 Å². The van der Waals surface area contributed by atoms with Crippen molar-refractivity contribution in [1.82, 2.24) is 0 Å². The Labute approximate surface area is 150 Å². The Morgan fingerprint density at radius 3 is 2.46 bits per heavy atom. The van der Waals surface area contributed by atoms with Crippen LogP contribution < -0.4 is 15.8 Å². The molecule has 0 aromatic heterocycles. The largest absolute Gasteiger partial charge is 0.492 e. The van der Waals surface area contributed by atoms with E-state index >= 15 is 0 Å². The Hall–Kier alpha value is -2.54. The molecule has 0 saturated carbocycles. The lowest BCUT2D eigenvalue weighted by atomic mass is 9.94. The van der Waals surface area contributed by atoms with E-state index in [-0.39, 0.29) is 5.91 Å². The van der Waals surface area contributed by atoms with Crippen molar-refractivity contribution >= 4 is 11.6 Å². The van der Waals surface area contributed by atoms with Crippen molar-refractivity contribution < 1.29 is 22.7 Å². The van der Waals surface area contributed by atoms with Crippen LogP contribution in [0.5, 0.6) is 5.75 Å². The number of carbonyl (C=O) groups excluding carboxylic acids is 1. The van der Waals surface area contributed by atoms with Gasteiger partial charge in [-0.15, -0.1) is 0 Å². The van der Waals surface area contributed by atoms with Gasteiger partial charge in [0.2, 0.25) is 5.91 Å². The van der Waals surface area contributed by atoms with Crippen LogP contribution in [0.1, 0.15) is 30.4 Å². The van der Waals surface area contributed by atoms with Crippen molar-refractivity contribution in [3.8, 4) is 5.75 Å². The van der Waals surface area contributed by atoms with Crippen LogP contribution in [0.15, 0.2) is 48.5 Å². The third-order valence-electron chi connectivity index (χ3n) is 3.85. The Balaban J connectivity index is 2.11. The van der Waals surface area contributed by atoms with Gasteiger partial charge in [-0.25, -0.2) is 0 Å². The lowest BCUT2D eigenvalue weighted by Crippen LogP contribution is -2.21. The number of ether oxygens (including phenoxy) is 1. The average molecular weight is 366 g/mol. The third kappa shape index (κ3) is 5.23. The van der Waals surface area contributed by atoms with Gasteiger partial charge in [-0.2, -0.15) is 13.2 Å². The SMILES string of the molecule is CCC(C(=O)Nc1ccc(OCCN)cc1)c1cccc(C(F)(F)F)c1. The molecular weight excluding hydrogens is 345 g/mol. The molecule has 0 aliphatic heterocycles.